The normalized spacial score (nSPS) is 16.3. The van der Waals surface area contributed by atoms with Gasteiger partial charge < -0.3 is 4.90 Å². The van der Waals surface area contributed by atoms with Gasteiger partial charge in [-0.1, -0.05) is 42.0 Å². The van der Waals surface area contributed by atoms with Gasteiger partial charge in [0.25, 0.3) is 0 Å². The molecule has 1 saturated heterocycles. The summed E-state index contributed by atoms with van der Waals surface area (Å²) in [5.74, 6) is 0.0750. The number of likely N-dealkylation sites (tertiary alicyclic amines) is 1. The highest BCUT2D eigenvalue weighted by Crippen LogP contribution is 2.29. The summed E-state index contributed by atoms with van der Waals surface area (Å²) in [6.07, 6.45) is 1.42. The molecule has 28 heavy (non-hydrogen) atoms. The van der Waals surface area contributed by atoms with Crippen molar-refractivity contribution in [3.63, 3.8) is 0 Å². The number of hydrogen-bond donors (Lipinski definition) is 0. The number of Topliss-reactive ketones (excluding diaryl/α,β-unsaturated/α-hetero) is 1. The van der Waals surface area contributed by atoms with Gasteiger partial charge in [0.15, 0.2) is 10.8 Å². The van der Waals surface area contributed by atoms with Crippen LogP contribution in [0.1, 0.15) is 46.6 Å². The predicted molar refractivity (Wildman–Crippen MR) is 113 cm³/mol. The van der Waals surface area contributed by atoms with E-state index in [0.717, 1.165) is 15.8 Å². The maximum atomic E-state index is 12.9. The van der Waals surface area contributed by atoms with E-state index >= 15 is 0 Å². The molecular weight excluding hydrogens is 368 g/mol. The molecule has 1 aliphatic rings. The number of rotatable bonds is 4. The minimum atomic E-state index is -0.155. The van der Waals surface area contributed by atoms with Crippen molar-refractivity contribution in [2.75, 3.05) is 13.1 Å². The first-order chi connectivity index (χ1) is 13.5. The third kappa shape index (κ3) is 3.72. The van der Waals surface area contributed by atoms with E-state index in [-0.39, 0.29) is 23.5 Å². The topological polar surface area (TPSA) is 50.3 Å². The van der Waals surface area contributed by atoms with Crippen LogP contribution in [-0.4, -0.2) is 34.7 Å². The lowest BCUT2D eigenvalue weighted by molar-refractivity contribution is -0.133. The highest BCUT2D eigenvalue weighted by atomic mass is 32.1. The minimum Gasteiger partial charge on any atom is -0.342 e. The van der Waals surface area contributed by atoms with E-state index in [1.54, 1.807) is 0 Å². The molecule has 1 atom stereocenters. The van der Waals surface area contributed by atoms with E-state index in [4.69, 9.17) is 0 Å². The summed E-state index contributed by atoms with van der Waals surface area (Å²) in [5.41, 5.74) is 3.12. The first-order valence-corrected chi connectivity index (χ1v) is 10.6. The third-order valence-electron chi connectivity index (χ3n) is 5.63. The molecule has 2 heterocycles. The average Bonchev–Trinajstić information content (AvgIpc) is 3.17. The lowest BCUT2D eigenvalue weighted by atomic mass is 9.91. The van der Waals surface area contributed by atoms with Crippen LogP contribution in [0.5, 0.6) is 0 Å². The van der Waals surface area contributed by atoms with Crippen LogP contribution in [0.15, 0.2) is 48.5 Å². The van der Waals surface area contributed by atoms with E-state index in [9.17, 15) is 9.59 Å². The van der Waals surface area contributed by atoms with Gasteiger partial charge in [-0.25, -0.2) is 4.98 Å². The Bertz CT molecular complexity index is 968. The Morgan fingerprint density at radius 3 is 2.43 bits per heavy atom. The fourth-order valence-corrected chi connectivity index (χ4v) is 4.77. The summed E-state index contributed by atoms with van der Waals surface area (Å²) in [6, 6.07) is 16.0. The second-order valence-corrected chi connectivity index (χ2v) is 8.61. The SMILES string of the molecule is Cc1ccc([C@@H](C)C(=O)N2CCC(C(=O)c3nc4ccccc4s3)CC2)cc1. The van der Waals surface area contributed by atoms with Crippen molar-refractivity contribution in [1.29, 1.82) is 0 Å². The standard InChI is InChI=1S/C23H24N2O2S/c1-15-7-9-17(10-8-15)16(2)23(27)25-13-11-18(12-14-25)21(26)22-24-19-5-3-4-6-20(19)28-22/h3-10,16,18H,11-14H2,1-2H3/t16-/m1/s1. The number of benzene rings is 2. The maximum Gasteiger partial charge on any atom is 0.229 e. The number of para-hydroxylation sites is 1. The molecule has 0 N–H and O–H groups in total. The van der Waals surface area contributed by atoms with Gasteiger partial charge in [0, 0.05) is 19.0 Å². The van der Waals surface area contributed by atoms with E-state index < -0.39 is 0 Å². The molecule has 1 fully saturated rings. The fourth-order valence-electron chi connectivity index (χ4n) is 3.79. The Hall–Kier alpha value is -2.53. The van der Waals surface area contributed by atoms with Gasteiger partial charge in [-0.05, 0) is 44.4 Å². The summed E-state index contributed by atoms with van der Waals surface area (Å²) < 4.78 is 1.05. The van der Waals surface area contributed by atoms with E-state index in [1.807, 2.05) is 67.3 Å². The van der Waals surface area contributed by atoms with Crippen LogP contribution >= 0.6 is 11.3 Å². The van der Waals surface area contributed by atoms with Crippen LogP contribution in [-0.2, 0) is 4.79 Å². The van der Waals surface area contributed by atoms with Crippen molar-refractivity contribution < 1.29 is 9.59 Å². The summed E-state index contributed by atoms with van der Waals surface area (Å²) in [7, 11) is 0. The van der Waals surface area contributed by atoms with Gasteiger partial charge in [0.05, 0.1) is 16.1 Å². The Labute approximate surface area is 169 Å². The second kappa shape index (κ2) is 7.84. The number of nitrogens with zero attached hydrogens (tertiary/aromatic N) is 2. The van der Waals surface area contributed by atoms with Crippen LogP contribution in [0.2, 0.25) is 0 Å². The van der Waals surface area contributed by atoms with Crippen LogP contribution < -0.4 is 0 Å². The van der Waals surface area contributed by atoms with Gasteiger partial charge in [0.1, 0.15) is 0 Å². The molecule has 144 valence electrons. The fraction of sp³-hybridized carbons (Fsp3) is 0.348. The smallest absolute Gasteiger partial charge is 0.229 e. The average molecular weight is 393 g/mol. The number of thiazole rings is 1. The summed E-state index contributed by atoms with van der Waals surface area (Å²) >= 11 is 1.47. The lowest BCUT2D eigenvalue weighted by Crippen LogP contribution is -2.42. The molecule has 1 amide bonds. The first-order valence-electron chi connectivity index (χ1n) is 9.78. The summed E-state index contributed by atoms with van der Waals surface area (Å²) in [6.45, 7) is 5.28. The van der Waals surface area contributed by atoms with E-state index in [0.29, 0.717) is 30.9 Å². The lowest BCUT2D eigenvalue weighted by Gasteiger charge is -2.33. The highest BCUT2D eigenvalue weighted by molar-refractivity contribution is 7.20. The van der Waals surface area contributed by atoms with Crippen molar-refractivity contribution >= 4 is 33.2 Å². The van der Waals surface area contributed by atoms with Gasteiger partial charge in [-0.3, -0.25) is 9.59 Å². The van der Waals surface area contributed by atoms with E-state index in [2.05, 4.69) is 4.98 Å². The Morgan fingerprint density at radius 1 is 1.07 bits per heavy atom. The molecule has 0 spiro atoms. The number of carbonyl (C=O) groups excluding carboxylic acids is 2. The predicted octanol–water partition coefficient (Wildman–Crippen LogP) is 4.83. The number of carbonyl (C=O) groups is 2. The van der Waals surface area contributed by atoms with Gasteiger partial charge >= 0.3 is 0 Å². The van der Waals surface area contributed by atoms with Crippen LogP contribution in [0.25, 0.3) is 10.2 Å². The molecule has 5 heteroatoms. The van der Waals surface area contributed by atoms with Crippen molar-refractivity contribution in [3.05, 3.63) is 64.7 Å². The van der Waals surface area contributed by atoms with Crippen molar-refractivity contribution in [2.45, 2.75) is 32.6 Å². The Balaban J connectivity index is 1.39. The molecule has 0 aliphatic carbocycles. The molecule has 0 bridgehead atoms. The Morgan fingerprint density at radius 2 is 1.75 bits per heavy atom. The third-order valence-corrected chi connectivity index (χ3v) is 6.68. The number of hydrogen-bond acceptors (Lipinski definition) is 4. The maximum absolute atomic E-state index is 12.9. The summed E-state index contributed by atoms with van der Waals surface area (Å²) in [4.78, 5) is 32.2. The molecule has 0 radical (unpaired) electrons. The molecule has 4 rings (SSSR count). The van der Waals surface area contributed by atoms with Gasteiger partial charge in [0.2, 0.25) is 5.91 Å². The van der Waals surface area contributed by atoms with Crippen molar-refractivity contribution in [3.8, 4) is 0 Å². The van der Waals surface area contributed by atoms with Crippen LogP contribution in [0.4, 0.5) is 0 Å². The molecule has 3 aromatic rings. The minimum absolute atomic E-state index is 0.0423. The molecule has 0 saturated carbocycles. The number of amides is 1. The molecule has 1 aliphatic heterocycles. The largest absolute Gasteiger partial charge is 0.342 e. The number of piperidine rings is 1. The van der Waals surface area contributed by atoms with Crippen molar-refractivity contribution in [2.24, 2.45) is 5.92 Å². The second-order valence-electron chi connectivity index (χ2n) is 7.58. The highest BCUT2D eigenvalue weighted by Gasteiger charge is 2.31. The monoisotopic (exact) mass is 392 g/mol. The number of aromatic nitrogens is 1. The van der Waals surface area contributed by atoms with Crippen LogP contribution in [0.3, 0.4) is 0 Å². The van der Waals surface area contributed by atoms with E-state index in [1.165, 1.54) is 16.9 Å². The zero-order valence-electron chi connectivity index (χ0n) is 16.2. The number of aryl methyl sites for hydroxylation is 1. The van der Waals surface area contributed by atoms with Gasteiger partial charge in [-0.2, -0.15) is 0 Å². The molecule has 1 aromatic heterocycles. The Kier molecular flexibility index (Phi) is 5.27. The molecule has 0 unspecified atom stereocenters. The van der Waals surface area contributed by atoms with Gasteiger partial charge in [-0.15, -0.1) is 11.3 Å². The molecule has 2 aromatic carbocycles. The number of ketones is 1. The number of fused-ring (bicyclic) bond motifs is 1. The zero-order chi connectivity index (χ0) is 19.7. The molecule has 4 nitrogen and oxygen atoms in total. The quantitative estimate of drug-likeness (QED) is 0.598. The molecular formula is C23H24N2O2S. The first kappa shape index (κ1) is 18.8. The van der Waals surface area contributed by atoms with Crippen LogP contribution in [0, 0.1) is 12.8 Å². The summed E-state index contributed by atoms with van der Waals surface area (Å²) in [5, 5.41) is 0.596. The zero-order valence-corrected chi connectivity index (χ0v) is 17.0. The van der Waals surface area contributed by atoms with Crippen molar-refractivity contribution in [1.82, 2.24) is 9.88 Å².